The van der Waals surface area contributed by atoms with Crippen molar-refractivity contribution in [1.82, 2.24) is 5.32 Å². The highest BCUT2D eigenvalue weighted by molar-refractivity contribution is 7.91. The molecule has 106 valence electrons. The summed E-state index contributed by atoms with van der Waals surface area (Å²) in [6.07, 6.45) is 0. The van der Waals surface area contributed by atoms with Gasteiger partial charge in [0.25, 0.3) is 0 Å². The third-order valence-electron chi connectivity index (χ3n) is 2.24. The van der Waals surface area contributed by atoms with Crippen LogP contribution in [0, 0.1) is 0 Å². The lowest BCUT2D eigenvalue weighted by Crippen LogP contribution is -2.27. The first-order valence-electron chi connectivity index (χ1n) is 5.50. The molecular weight excluding hydrogens is 278 g/mol. The minimum Gasteiger partial charge on any atom is -0.325 e. The Kier molecular flexibility index (Phi) is 5.37. The summed E-state index contributed by atoms with van der Waals surface area (Å²) >= 11 is 0. The van der Waals surface area contributed by atoms with Crippen molar-refractivity contribution in [2.75, 3.05) is 18.4 Å². The number of hydrogen-bond acceptors (Lipinski definition) is 4. The summed E-state index contributed by atoms with van der Waals surface area (Å²) in [6, 6.07) is 4.59. The SMILES string of the molecule is CCNCC(=O)Nc1ccc(S(=O)(=O)C(F)F)cc1. The molecular formula is C11H14F2N2O3S. The van der Waals surface area contributed by atoms with Crippen LogP contribution in [0.4, 0.5) is 14.5 Å². The number of halogens is 2. The molecule has 0 unspecified atom stereocenters. The molecule has 0 aliphatic heterocycles. The first-order chi connectivity index (χ1) is 8.87. The van der Waals surface area contributed by atoms with Gasteiger partial charge < -0.3 is 10.6 Å². The number of amides is 1. The van der Waals surface area contributed by atoms with Crippen molar-refractivity contribution in [3.63, 3.8) is 0 Å². The largest absolute Gasteiger partial charge is 0.341 e. The molecule has 1 amide bonds. The lowest BCUT2D eigenvalue weighted by atomic mass is 10.3. The van der Waals surface area contributed by atoms with Gasteiger partial charge in [-0.25, -0.2) is 8.42 Å². The zero-order chi connectivity index (χ0) is 14.5. The van der Waals surface area contributed by atoms with E-state index in [1.807, 2.05) is 6.92 Å². The van der Waals surface area contributed by atoms with Gasteiger partial charge in [0.05, 0.1) is 11.4 Å². The highest BCUT2D eigenvalue weighted by Crippen LogP contribution is 2.20. The van der Waals surface area contributed by atoms with E-state index in [1.54, 1.807) is 0 Å². The Hall–Kier alpha value is -1.54. The second-order valence-electron chi connectivity index (χ2n) is 3.66. The molecule has 0 saturated heterocycles. The monoisotopic (exact) mass is 292 g/mol. The Labute approximate surface area is 109 Å². The lowest BCUT2D eigenvalue weighted by molar-refractivity contribution is -0.115. The van der Waals surface area contributed by atoms with E-state index >= 15 is 0 Å². The maximum absolute atomic E-state index is 12.3. The van der Waals surface area contributed by atoms with Gasteiger partial charge in [-0.1, -0.05) is 6.92 Å². The van der Waals surface area contributed by atoms with Gasteiger partial charge in [-0.2, -0.15) is 8.78 Å². The normalized spacial score (nSPS) is 11.6. The molecule has 0 saturated carbocycles. The van der Waals surface area contributed by atoms with Crippen LogP contribution in [0.15, 0.2) is 29.2 Å². The van der Waals surface area contributed by atoms with Crippen molar-refractivity contribution in [3.05, 3.63) is 24.3 Å². The number of hydrogen-bond donors (Lipinski definition) is 2. The topological polar surface area (TPSA) is 75.3 Å². The number of carbonyl (C=O) groups is 1. The van der Waals surface area contributed by atoms with Crippen molar-refractivity contribution in [2.45, 2.75) is 17.6 Å². The molecule has 0 radical (unpaired) electrons. The number of benzene rings is 1. The standard InChI is InChI=1S/C11H14F2N2O3S/c1-2-14-7-10(16)15-8-3-5-9(6-4-8)19(17,18)11(12)13/h3-6,11,14H,2,7H2,1H3,(H,15,16). The number of anilines is 1. The van der Waals surface area contributed by atoms with E-state index in [2.05, 4.69) is 10.6 Å². The quantitative estimate of drug-likeness (QED) is 0.827. The van der Waals surface area contributed by atoms with Crippen LogP contribution in [0.5, 0.6) is 0 Å². The highest BCUT2D eigenvalue weighted by Gasteiger charge is 2.26. The van der Waals surface area contributed by atoms with Gasteiger partial charge in [-0.15, -0.1) is 0 Å². The van der Waals surface area contributed by atoms with Gasteiger partial charge in [0.1, 0.15) is 0 Å². The highest BCUT2D eigenvalue weighted by atomic mass is 32.2. The average molecular weight is 292 g/mol. The molecule has 0 heterocycles. The minimum absolute atomic E-state index is 0.119. The van der Waals surface area contributed by atoms with E-state index in [1.165, 1.54) is 12.1 Å². The molecule has 0 atom stereocenters. The summed E-state index contributed by atoms with van der Waals surface area (Å²) in [7, 11) is -4.59. The van der Waals surface area contributed by atoms with E-state index in [4.69, 9.17) is 0 Å². The Balaban J connectivity index is 2.75. The van der Waals surface area contributed by atoms with Crippen molar-refractivity contribution in [2.24, 2.45) is 0 Å². The van der Waals surface area contributed by atoms with Gasteiger partial charge in [-0.05, 0) is 30.8 Å². The predicted octanol–water partition coefficient (Wildman–Crippen LogP) is 1.23. The number of likely N-dealkylation sites (N-methyl/N-ethyl adjacent to an activating group) is 1. The third-order valence-corrected chi connectivity index (χ3v) is 3.64. The summed E-state index contributed by atoms with van der Waals surface area (Å²) in [6.45, 7) is 2.60. The molecule has 0 bridgehead atoms. The maximum Gasteiger partial charge on any atom is 0.341 e. The van der Waals surface area contributed by atoms with E-state index < -0.39 is 20.5 Å². The van der Waals surface area contributed by atoms with Gasteiger partial charge in [0, 0.05) is 5.69 Å². The van der Waals surface area contributed by atoms with Gasteiger partial charge in [0.2, 0.25) is 15.7 Å². The van der Waals surface area contributed by atoms with Crippen LogP contribution in [0.25, 0.3) is 0 Å². The summed E-state index contributed by atoms with van der Waals surface area (Å²) in [5.41, 5.74) is 0.344. The first kappa shape index (κ1) is 15.5. The second kappa shape index (κ2) is 6.58. The number of sulfone groups is 1. The van der Waals surface area contributed by atoms with Crippen molar-refractivity contribution < 1.29 is 22.0 Å². The molecule has 0 spiro atoms. The fourth-order valence-electron chi connectivity index (χ4n) is 1.27. The first-order valence-corrected chi connectivity index (χ1v) is 7.05. The number of alkyl halides is 2. The molecule has 8 heteroatoms. The van der Waals surface area contributed by atoms with Crippen LogP contribution in [0.2, 0.25) is 0 Å². The molecule has 1 aromatic carbocycles. The zero-order valence-corrected chi connectivity index (χ0v) is 11.0. The molecule has 1 rings (SSSR count). The van der Waals surface area contributed by atoms with Crippen molar-refractivity contribution in [3.8, 4) is 0 Å². The van der Waals surface area contributed by atoms with Crippen LogP contribution in [0.1, 0.15) is 6.92 Å². The Morgan fingerprint density at radius 3 is 2.32 bits per heavy atom. The Morgan fingerprint density at radius 1 is 1.26 bits per heavy atom. The minimum atomic E-state index is -4.59. The van der Waals surface area contributed by atoms with Crippen LogP contribution in [-0.2, 0) is 14.6 Å². The molecule has 0 aromatic heterocycles. The fourth-order valence-corrected chi connectivity index (χ4v) is 2.00. The van der Waals surface area contributed by atoms with Crippen LogP contribution in [0.3, 0.4) is 0 Å². The summed E-state index contributed by atoms with van der Waals surface area (Å²) in [5.74, 6) is -3.76. The predicted molar refractivity (Wildman–Crippen MR) is 66.8 cm³/mol. The van der Waals surface area contributed by atoms with Crippen molar-refractivity contribution in [1.29, 1.82) is 0 Å². The molecule has 1 aromatic rings. The van der Waals surface area contributed by atoms with E-state index in [-0.39, 0.29) is 12.5 Å². The van der Waals surface area contributed by atoms with Crippen LogP contribution >= 0.6 is 0 Å². The van der Waals surface area contributed by atoms with Gasteiger partial charge in [0.15, 0.2) is 0 Å². The van der Waals surface area contributed by atoms with Gasteiger partial charge >= 0.3 is 5.76 Å². The Morgan fingerprint density at radius 2 is 1.84 bits per heavy atom. The zero-order valence-electron chi connectivity index (χ0n) is 10.2. The molecule has 5 nitrogen and oxygen atoms in total. The second-order valence-corrected chi connectivity index (χ2v) is 5.58. The molecule has 19 heavy (non-hydrogen) atoms. The Bertz CT molecular complexity index is 529. The molecule has 2 N–H and O–H groups in total. The lowest BCUT2D eigenvalue weighted by Gasteiger charge is -2.07. The van der Waals surface area contributed by atoms with Crippen LogP contribution in [-0.4, -0.2) is 33.2 Å². The molecule has 0 fully saturated rings. The number of carbonyl (C=O) groups excluding carboxylic acids is 1. The average Bonchev–Trinajstić information content (AvgIpc) is 2.36. The number of nitrogens with one attached hydrogen (secondary N) is 2. The number of rotatable bonds is 6. The summed E-state index contributed by atoms with van der Waals surface area (Å²) in [5, 5.41) is 5.31. The van der Waals surface area contributed by atoms with E-state index in [0.717, 1.165) is 12.1 Å². The molecule has 0 aliphatic carbocycles. The van der Waals surface area contributed by atoms with Crippen LogP contribution < -0.4 is 10.6 Å². The smallest absolute Gasteiger partial charge is 0.325 e. The van der Waals surface area contributed by atoms with E-state index in [9.17, 15) is 22.0 Å². The fraction of sp³-hybridized carbons (Fsp3) is 0.364. The molecule has 0 aliphatic rings. The maximum atomic E-state index is 12.3. The summed E-state index contributed by atoms with van der Waals surface area (Å²) in [4.78, 5) is 10.9. The van der Waals surface area contributed by atoms with E-state index in [0.29, 0.717) is 12.2 Å². The van der Waals surface area contributed by atoms with Gasteiger partial charge in [-0.3, -0.25) is 4.79 Å². The third kappa shape index (κ3) is 4.25. The summed E-state index contributed by atoms with van der Waals surface area (Å²) < 4.78 is 46.9. The van der Waals surface area contributed by atoms with Crippen molar-refractivity contribution >= 4 is 21.4 Å².